The van der Waals surface area contributed by atoms with Gasteiger partial charge < -0.3 is 10.2 Å². The molecule has 1 aromatic carbocycles. The molecule has 1 atom stereocenters. The predicted molar refractivity (Wildman–Crippen MR) is 84.4 cm³/mol. The summed E-state index contributed by atoms with van der Waals surface area (Å²) in [6.07, 6.45) is 2.53. The molecule has 1 amide bonds. The topological polar surface area (TPSA) is 78.5 Å². The van der Waals surface area contributed by atoms with E-state index in [9.17, 15) is 13.2 Å². The minimum Gasteiger partial charge on any atom is -0.315 e. The summed E-state index contributed by atoms with van der Waals surface area (Å²) in [5.74, 6) is -0.0132. The molecule has 1 saturated heterocycles. The molecule has 0 aromatic heterocycles. The Labute approximate surface area is 130 Å². The Morgan fingerprint density at radius 1 is 1.41 bits per heavy atom. The maximum absolute atomic E-state index is 12.5. The first-order chi connectivity index (χ1) is 10.5. The summed E-state index contributed by atoms with van der Waals surface area (Å²) in [4.78, 5) is 13.5. The normalized spacial score (nSPS) is 21.7. The van der Waals surface area contributed by atoms with Crippen molar-refractivity contribution in [3.8, 4) is 0 Å². The van der Waals surface area contributed by atoms with Crippen molar-refractivity contribution in [2.24, 2.45) is 0 Å². The number of nitrogens with one attached hydrogen (secondary N) is 2. The maximum atomic E-state index is 12.5. The molecular formula is C15H21N3O3S. The van der Waals surface area contributed by atoms with Crippen molar-refractivity contribution >= 4 is 21.6 Å². The fourth-order valence-corrected chi connectivity index (χ4v) is 4.43. The van der Waals surface area contributed by atoms with Crippen LogP contribution in [-0.4, -0.2) is 40.0 Å². The van der Waals surface area contributed by atoms with Crippen LogP contribution in [0.15, 0.2) is 23.1 Å². The van der Waals surface area contributed by atoms with Gasteiger partial charge in [-0.15, -0.1) is 0 Å². The lowest BCUT2D eigenvalue weighted by atomic mass is 10.1. The number of fused-ring (bicyclic) bond motifs is 1. The molecule has 0 saturated carbocycles. The van der Waals surface area contributed by atoms with E-state index in [-0.39, 0.29) is 16.8 Å². The Hall–Kier alpha value is -1.44. The first-order valence-electron chi connectivity index (χ1n) is 7.61. The van der Waals surface area contributed by atoms with Gasteiger partial charge in [0.15, 0.2) is 0 Å². The number of nitrogens with zero attached hydrogens (tertiary/aromatic N) is 1. The van der Waals surface area contributed by atoms with E-state index in [1.807, 2.05) is 0 Å². The Morgan fingerprint density at radius 3 is 2.91 bits per heavy atom. The van der Waals surface area contributed by atoms with Gasteiger partial charge in [-0.3, -0.25) is 4.79 Å². The van der Waals surface area contributed by atoms with Gasteiger partial charge in [0, 0.05) is 31.7 Å². The molecule has 120 valence electrons. The number of hydrogen-bond acceptors (Lipinski definition) is 4. The molecule has 1 aromatic rings. The molecule has 7 heteroatoms. The third-order valence-corrected chi connectivity index (χ3v) is 5.77. The highest BCUT2D eigenvalue weighted by Gasteiger charge is 2.26. The van der Waals surface area contributed by atoms with Crippen molar-refractivity contribution in [1.82, 2.24) is 10.0 Å². The van der Waals surface area contributed by atoms with Crippen LogP contribution in [0.4, 0.5) is 5.69 Å². The zero-order valence-corrected chi connectivity index (χ0v) is 13.4. The molecule has 0 radical (unpaired) electrons. The molecule has 6 nitrogen and oxygen atoms in total. The average molecular weight is 323 g/mol. The summed E-state index contributed by atoms with van der Waals surface area (Å²) in [5, 5.41) is 3.20. The Morgan fingerprint density at radius 2 is 2.23 bits per heavy atom. The van der Waals surface area contributed by atoms with Crippen molar-refractivity contribution < 1.29 is 13.2 Å². The molecule has 2 N–H and O–H groups in total. The van der Waals surface area contributed by atoms with Crippen molar-refractivity contribution in [2.75, 3.05) is 24.5 Å². The van der Waals surface area contributed by atoms with Crippen LogP contribution in [0.1, 0.15) is 25.3 Å². The van der Waals surface area contributed by atoms with Crippen LogP contribution in [0.25, 0.3) is 0 Å². The van der Waals surface area contributed by atoms with E-state index < -0.39 is 10.0 Å². The summed E-state index contributed by atoms with van der Waals surface area (Å²) < 4.78 is 27.8. The number of hydrogen-bond donors (Lipinski definition) is 2. The Balaban J connectivity index is 1.81. The van der Waals surface area contributed by atoms with Crippen LogP contribution in [0.5, 0.6) is 0 Å². The second-order valence-electron chi connectivity index (χ2n) is 5.88. The second kappa shape index (κ2) is 5.98. The number of sulfonamides is 1. The first kappa shape index (κ1) is 15.5. The molecule has 1 fully saturated rings. The predicted octanol–water partition coefficient (Wildman–Crippen LogP) is 0.626. The van der Waals surface area contributed by atoms with Gasteiger partial charge in [-0.25, -0.2) is 13.1 Å². The van der Waals surface area contributed by atoms with Gasteiger partial charge in [0.1, 0.15) is 0 Å². The van der Waals surface area contributed by atoms with Crippen molar-refractivity contribution in [3.63, 3.8) is 0 Å². The monoisotopic (exact) mass is 323 g/mol. The lowest BCUT2D eigenvalue weighted by Crippen LogP contribution is -2.45. The molecule has 1 unspecified atom stereocenters. The zero-order valence-electron chi connectivity index (χ0n) is 12.6. The van der Waals surface area contributed by atoms with Crippen molar-refractivity contribution in [2.45, 2.75) is 37.1 Å². The third-order valence-electron chi connectivity index (χ3n) is 4.26. The Kier molecular flexibility index (Phi) is 4.20. The highest BCUT2D eigenvalue weighted by molar-refractivity contribution is 7.89. The fourth-order valence-electron chi connectivity index (χ4n) is 3.11. The van der Waals surface area contributed by atoms with Crippen LogP contribution in [0.2, 0.25) is 0 Å². The molecule has 2 aliphatic rings. The minimum absolute atomic E-state index is 0.0132. The van der Waals surface area contributed by atoms with E-state index in [1.54, 1.807) is 23.1 Å². The van der Waals surface area contributed by atoms with Gasteiger partial charge >= 0.3 is 0 Å². The van der Waals surface area contributed by atoms with E-state index in [0.717, 1.165) is 30.6 Å². The quantitative estimate of drug-likeness (QED) is 0.855. The Bertz CT molecular complexity index is 681. The lowest BCUT2D eigenvalue weighted by molar-refractivity contribution is -0.116. The highest BCUT2D eigenvalue weighted by Crippen LogP contribution is 2.30. The number of piperidine rings is 1. The largest absolute Gasteiger partial charge is 0.315 e. The summed E-state index contributed by atoms with van der Waals surface area (Å²) in [5.41, 5.74) is 1.74. The van der Waals surface area contributed by atoms with Gasteiger partial charge in [-0.05, 0) is 49.6 Å². The number of carbonyl (C=O) groups is 1. The standard InChI is InChI=1S/C15H21N3O3S/c1-11(19)18-8-6-12-9-14(4-5-15(12)18)22(20,21)17-13-3-2-7-16-10-13/h4-5,9,13,16-17H,2-3,6-8,10H2,1H3. The van der Waals surface area contributed by atoms with E-state index in [2.05, 4.69) is 10.0 Å². The van der Waals surface area contributed by atoms with Gasteiger partial charge in [0.2, 0.25) is 15.9 Å². The minimum atomic E-state index is -3.51. The number of benzene rings is 1. The number of amides is 1. The van der Waals surface area contributed by atoms with Crippen molar-refractivity contribution in [3.05, 3.63) is 23.8 Å². The fraction of sp³-hybridized carbons (Fsp3) is 0.533. The molecular weight excluding hydrogens is 302 g/mol. The van der Waals surface area contributed by atoms with E-state index in [1.165, 1.54) is 6.92 Å². The second-order valence-corrected chi connectivity index (χ2v) is 7.59. The SMILES string of the molecule is CC(=O)N1CCc2cc(S(=O)(=O)NC3CCCNC3)ccc21. The van der Waals surface area contributed by atoms with E-state index >= 15 is 0 Å². The maximum Gasteiger partial charge on any atom is 0.240 e. The van der Waals surface area contributed by atoms with Crippen molar-refractivity contribution in [1.29, 1.82) is 0 Å². The molecule has 0 bridgehead atoms. The average Bonchev–Trinajstić information content (AvgIpc) is 2.91. The number of anilines is 1. The summed E-state index contributed by atoms with van der Waals surface area (Å²) >= 11 is 0. The van der Waals surface area contributed by atoms with E-state index in [0.29, 0.717) is 19.5 Å². The summed E-state index contributed by atoms with van der Waals surface area (Å²) in [7, 11) is -3.51. The van der Waals surface area contributed by atoms with Crippen LogP contribution >= 0.6 is 0 Å². The summed E-state index contributed by atoms with van der Waals surface area (Å²) in [6.45, 7) is 3.76. The third kappa shape index (κ3) is 3.02. The zero-order chi connectivity index (χ0) is 15.7. The van der Waals surface area contributed by atoms with Crippen LogP contribution in [0, 0.1) is 0 Å². The highest BCUT2D eigenvalue weighted by atomic mass is 32.2. The smallest absolute Gasteiger partial charge is 0.240 e. The molecule has 2 aliphatic heterocycles. The molecule has 2 heterocycles. The van der Waals surface area contributed by atoms with Gasteiger partial charge in [-0.2, -0.15) is 0 Å². The molecule has 22 heavy (non-hydrogen) atoms. The molecule has 3 rings (SSSR count). The summed E-state index contributed by atoms with van der Waals surface area (Å²) in [6, 6.07) is 4.95. The van der Waals surface area contributed by atoms with Crippen LogP contribution < -0.4 is 14.9 Å². The molecule has 0 aliphatic carbocycles. The molecule has 0 spiro atoms. The van der Waals surface area contributed by atoms with Gasteiger partial charge in [0.25, 0.3) is 0 Å². The van der Waals surface area contributed by atoms with Gasteiger partial charge in [-0.1, -0.05) is 0 Å². The number of carbonyl (C=O) groups excluding carboxylic acids is 1. The lowest BCUT2D eigenvalue weighted by Gasteiger charge is -2.23. The number of rotatable bonds is 3. The van der Waals surface area contributed by atoms with Gasteiger partial charge in [0.05, 0.1) is 4.90 Å². The van der Waals surface area contributed by atoms with Crippen LogP contribution in [0.3, 0.4) is 0 Å². The van der Waals surface area contributed by atoms with E-state index in [4.69, 9.17) is 0 Å². The first-order valence-corrected chi connectivity index (χ1v) is 9.10. The van der Waals surface area contributed by atoms with Crippen LogP contribution in [-0.2, 0) is 21.2 Å².